The van der Waals surface area contributed by atoms with Gasteiger partial charge in [0.1, 0.15) is 17.2 Å². The zero-order valence-corrected chi connectivity index (χ0v) is 13.7. The van der Waals surface area contributed by atoms with Crippen molar-refractivity contribution < 1.29 is 28.6 Å². The average molecular weight is 303 g/mol. The summed E-state index contributed by atoms with van der Waals surface area (Å²) in [5.74, 6) is -1.36. The number of carbonyl (C=O) groups excluding carboxylic acids is 3. The largest absolute Gasteiger partial charge is 0.469 e. The molecule has 7 heteroatoms. The van der Waals surface area contributed by atoms with Crippen LogP contribution in [0.4, 0.5) is 4.79 Å². The molecule has 0 aromatic heterocycles. The molecule has 0 spiro atoms. The second kappa shape index (κ2) is 7.28. The van der Waals surface area contributed by atoms with E-state index in [2.05, 4.69) is 10.1 Å². The number of hydrogen-bond donors (Lipinski definition) is 1. The van der Waals surface area contributed by atoms with E-state index in [0.717, 1.165) is 0 Å². The summed E-state index contributed by atoms with van der Waals surface area (Å²) in [4.78, 5) is 35.1. The van der Waals surface area contributed by atoms with Crippen molar-refractivity contribution in [2.45, 2.75) is 65.2 Å². The van der Waals surface area contributed by atoms with Crippen LogP contribution in [0, 0.1) is 0 Å². The molecule has 0 unspecified atom stereocenters. The molecule has 0 aromatic rings. The second-order valence-corrected chi connectivity index (χ2v) is 6.51. The van der Waals surface area contributed by atoms with Crippen molar-refractivity contribution in [1.82, 2.24) is 5.32 Å². The molecule has 1 N–H and O–H groups in total. The van der Waals surface area contributed by atoms with Gasteiger partial charge in [0.15, 0.2) is 0 Å². The quantitative estimate of drug-likeness (QED) is 0.629. The summed E-state index contributed by atoms with van der Waals surface area (Å²) in [5.41, 5.74) is -1.45. The van der Waals surface area contributed by atoms with Gasteiger partial charge in [-0.1, -0.05) is 0 Å². The maximum Gasteiger partial charge on any atom is 0.408 e. The zero-order valence-electron chi connectivity index (χ0n) is 13.7. The van der Waals surface area contributed by atoms with Crippen molar-refractivity contribution >= 4 is 18.0 Å². The highest BCUT2D eigenvalue weighted by molar-refractivity contribution is 5.86. The van der Waals surface area contributed by atoms with Crippen LogP contribution in [0.25, 0.3) is 0 Å². The van der Waals surface area contributed by atoms with Gasteiger partial charge in [0.05, 0.1) is 13.5 Å². The first-order valence-corrected chi connectivity index (χ1v) is 6.63. The summed E-state index contributed by atoms with van der Waals surface area (Å²) >= 11 is 0. The Labute approximate surface area is 125 Å². The molecule has 0 heterocycles. The molecule has 0 rings (SSSR count). The Morgan fingerprint density at radius 2 is 1.43 bits per heavy atom. The summed E-state index contributed by atoms with van der Waals surface area (Å²) < 4.78 is 14.7. The fraction of sp³-hybridized carbons (Fsp3) is 0.786. The van der Waals surface area contributed by atoms with Crippen LogP contribution < -0.4 is 5.32 Å². The van der Waals surface area contributed by atoms with Gasteiger partial charge in [-0.3, -0.25) is 4.79 Å². The normalized spacial score (nSPS) is 13.1. The maximum atomic E-state index is 12.0. The molecule has 1 amide bonds. The van der Waals surface area contributed by atoms with Gasteiger partial charge in [-0.05, 0) is 41.5 Å². The third-order valence-electron chi connectivity index (χ3n) is 1.98. The topological polar surface area (TPSA) is 90.9 Å². The van der Waals surface area contributed by atoms with Gasteiger partial charge in [0, 0.05) is 0 Å². The molecule has 0 aliphatic carbocycles. The standard InChI is InChI=1S/C14H25NO6/c1-13(2,3)20-11(17)9(8-10(16)19-7)15-12(18)21-14(4,5)6/h9H,8H2,1-7H3,(H,15,18)/t9-/m0/s1. The molecule has 0 bridgehead atoms. The summed E-state index contributed by atoms with van der Waals surface area (Å²) in [6, 6.07) is -1.16. The lowest BCUT2D eigenvalue weighted by Crippen LogP contribution is -2.47. The van der Waals surface area contributed by atoms with Gasteiger partial charge in [-0.25, -0.2) is 9.59 Å². The van der Waals surface area contributed by atoms with E-state index in [4.69, 9.17) is 9.47 Å². The van der Waals surface area contributed by atoms with Gasteiger partial charge >= 0.3 is 18.0 Å². The Bertz CT molecular complexity index is 391. The van der Waals surface area contributed by atoms with E-state index < -0.39 is 35.3 Å². The van der Waals surface area contributed by atoms with Crippen LogP contribution in [0.1, 0.15) is 48.0 Å². The molecule has 7 nitrogen and oxygen atoms in total. The van der Waals surface area contributed by atoms with Crippen LogP contribution in [-0.4, -0.2) is 42.4 Å². The Kier molecular flexibility index (Phi) is 6.66. The Balaban J connectivity index is 4.86. The zero-order chi connectivity index (χ0) is 16.8. The number of nitrogens with one attached hydrogen (secondary N) is 1. The predicted molar refractivity (Wildman–Crippen MR) is 75.6 cm³/mol. The van der Waals surface area contributed by atoms with Crippen LogP contribution in [0.3, 0.4) is 0 Å². The number of esters is 2. The molecule has 21 heavy (non-hydrogen) atoms. The lowest BCUT2D eigenvalue weighted by molar-refractivity contribution is -0.160. The van der Waals surface area contributed by atoms with Crippen molar-refractivity contribution in [2.75, 3.05) is 7.11 Å². The second-order valence-electron chi connectivity index (χ2n) is 6.51. The molecule has 0 saturated carbocycles. The van der Waals surface area contributed by atoms with Crippen molar-refractivity contribution in [2.24, 2.45) is 0 Å². The van der Waals surface area contributed by atoms with E-state index >= 15 is 0 Å². The van der Waals surface area contributed by atoms with Crippen LogP contribution in [-0.2, 0) is 23.8 Å². The van der Waals surface area contributed by atoms with Gasteiger partial charge in [0.2, 0.25) is 0 Å². The molecule has 1 atom stereocenters. The summed E-state index contributed by atoms with van der Waals surface area (Å²) in [6.45, 7) is 10.1. The lowest BCUT2D eigenvalue weighted by Gasteiger charge is -2.25. The number of rotatable bonds is 4. The minimum absolute atomic E-state index is 0.329. The molecule has 0 aromatic carbocycles. The van der Waals surface area contributed by atoms with Gasteiger partial charge < -0.3 is 19.5 Å². The minimum atomic E-state index is -1.16. The maximum absolute atomic E-state index is 12.0. The van der Waals surface area contributed by atoms with E-state index in [9.17, 15) is 14.4 Å². The fourth-order valence-electron chi connectivity index (χ4n) is 1.27. The van der Waals surface area contributed by atoms with E-state index in [-0.39, 0.29) is 6.42 Å². The first kappa shape index (κ1) is 19.2. The highest BCUT2D eigenvalue weighted by Gasteiger charge is 2.30. The predicted octanol–water partition coefficient (Wildman–Crippen LogP) is 1.78. The van der Waals surface area contributed by atoms with Crippen molar-refractivity contribution in [1.29, 1.82) is 0 Å². The average Bonchev–Trinajstić information content (AvgIpc) is 2.22. The van der Waals surface area contributed by atoms with Crippen molar-refractivity contribution in [3.8, 4) is 0 Å². The molecule has 122 valence electrons. The van der Waals surface area contributed by atoms with Crippen molar-refractivity contribution in [3.63, 3.8) is 0 Å². The SMILES string of the molecule is COC(=O)C[C@H](NC(=O)OC(C)(C)C)C(=O)OC(C)(C)C. The number of methoxy groups -OCH3 is 1. The third kappa shape index (κ3) is 9.70. The summed E-state index contributed by atoms with van der Waals surface area (Å²) in [6.07, 6.45) is -1.13. The highest BCUT2D eigenvalue weighted by Crippen LogP contribution is 2.12. The number of alkyl carbamates (subject to hydrolysis) is 1. The van der Waals surface area contributed by atoms with Crippen molar-refractivity contribution in [3.05, 3.63) is 0 Å². The number of carbonyl (C=O) groups is 3. The smallest absolute Gasteiger partial charge is 0.408 e. The lowest BCUT2D eigenvalue weighted by atomic mass is 10.1. The van der Waals surface area contributed by atoms with Crippen LogP contribution in [0.2, 0.25) is 0 Å². The van der Waals surface area contributed by atoms with Gasteiger partial charge in [-0.2, -0.15) is 0 Å². The Morgan fingerprint density at radius 3 is 1.81 bits per heavy atom. The monoisotopic (exact) mass is 303 g/mol. The molecule has 0 radical (unpaired) electrons. The first-order valence-electron chi connectivity index (χ1n) is 6.63. The summed E-state index contributed by atoms with van der Waals surface area (Å²) in [5, 5.41) is 2.32. The third-order valence-corrected chi connectivity index (χ3v) is 1.98. The number of amides is 1. The molecular weight excluding hydrogens is 278 g/mol. The van der Waals surface area contributed by atoms with Gasteiger partial charge in [-0.15, -0.1) is 0 Å². The molecule has 0 saturated heterocycles. The van der Waals surface area contributed by atoms with Gasteiger partial charge in [0.25, 0.3) is 0 Å². The Hall–Kier alpha value is -1.79. The van der Waals surface area contributed by atoms with E-state index in [1.165, 1.54) is 7.11 Å². The molecule has 0 aliphatic rings. The Morgan fingerprint density at radius 1 is 0.952 bits per heavy atom. The fourth-order valence-corrected chi connectivity index (χ4v) is 1.27. The summed E-state index contributed by atoms with van der Waals surface area (Å²) in [7, 11) is 1.20. The first-order chi connectivity index (χ1) is 9.34. The number of hydrogen-bond acceptors (Lipinski definition) is 6. The van der Waals surface area contributed by atoms with E-state index in [1.807, 2.05) is 0 Å². The van der Waals surface area contributed by atoms with Crippen LogP contribution >= 0.6 is 0 Å². The van der Waals surface area contributed by atoms with E-state index in [0.29, 0.717) is 0 Å². The van der Waals surface area contributed by atoms with Crippen LogP contribution in [0.5, 0.6) is 0 Å². The van der Waals surface area contributed by atoms with Crippen LogP contribution in [0.15, 0.2) is 0 Å². The number of ether oxygens (including phenoxy) is 3. The molecular formula is C14H25NO6. The minimum Gasteiger partial charge on any atom is -0.469 e. The molecule has 0 fully saturated rings. The highest BCUT2D eigenvalue weighted by atomic mass is 16.6. The van der Waals surface area contributed by atoms with E-state index in [1.54, 1.807) is 41.5 Å². The molecule has 0 aliphatic heterocycles.